The smallest absolute Gasteiger partial charge is 0.263 e. The Balaban J connectivity index is 2.14. The highest BCUT2D eigenvalue weighted by Crippen LogP contribution is 2.35. The van der Waals surface area contributed by atoms with E-state index in [1.54, 1.807) is 24.4 Å². The van der Waals surface area contributed by atoms with Gasteiger partial charge in [-0.2, -0.15) is 0 Å². The number of rotatable bonds is 4. The Bertz CT molecular complexity index is 874. The summed E-state index contributed by atoms with van der Waals surface area (Å²) in [6, 6.07) is 10.7. The maximum Gasteiger partial charge on any atom is 0.263 e. The fourth-order valence-electron chi connectivity index (χ4n) is 2.13. The molecule has 0 bridgehead atoms. The number of nitrogens with two attached hydrogens (primary N) is 1. The second-order valence-corrected chi connectivity index (χ2v) is 7.16. The lowest BCUT2D eigenvalue weighted by molar-refractivity contribution is 0.601. The maximum atomic E-state index is 12.7. The van der Waals surface area contributed by atoms with Gasteiger partial charge in [-0.15, -0.1) is 11.3 Å². The van der Waals surface area contributed by atoms with E-state index in [1.165, 1.54) is 17.5 Å². The minimum atomic E-state index is -3.70. The van der Waals surface area contributed by atoms with Crippen LogP contribution in [0.5, 0.6) is 0 Å². The van der Waals surface area contributed by atoms with Crippen LogP contribution in [0.2, 0.25) is 0 Å². The topological polar surface area (TPSA) is 85.1 Å². The van der Waals surface area contributed by atoms with E-state index >= 15 is 0 Å². The molecule has 0 aliphatic heterocycles. The molecular weight excluding hydrogens is 306 g/mol. The molecule has 3 N–H and O–H groups in total. The van der Waals surface area contributed by atoms with Crippen LogP contribution < -0.4 is 10.5 Å². The van der Waals surface area contributed by atoms with Crippen LogP contribution in [0, 0.1) is 0 Å². The van der Waals surface area contributed by atoms with Crippen molar-refractivity contribution in [3.05, 3.63) is 53.7 Å². The molecule has 0 saturated heterocycles. The van der Waals surface area contributed by atoms with Gasteiger partial charge in [-0.25, -0.2) is 8.42 Å². The van der Waals surface area contributed by atoms with Crippen LogP contribution in [0.15, 0.2) is 53.7 Å². The Morgan fingerprint density at radius 1 is 1.19 bits per heavy atom. The molecule has 0 atom stereocenters. The van der Waals surface area contributed by atoms with Crippen molar-refractivity contribution in [2.24, 2.45) is 5.73 Å². The van der Waals surface area contributed by atoms with E-state index in [0.717, 1.165) is 4.70 Å². The predicted octanol–water partition coefficient (Wildman–Crippen LogP) is 2.56. The van der Waals surface area contributed by atoms with E-state index in [0.29, 0.717) is 16.0 Å². The summed E-state index contributed by atoms with van der Waals surface area (Å²) in [5.41, 5.74) is 6.14. The van der Waals surface area contributed by atoms with Crippen molar-refractivity contribution in [3.63, 3.8) is 0 Å². The average molecular weight is 319 g/mol. The zero-order valence-electron chi connectivity index (χ0n) is 11.0. The predicted molar refractivity (Wildman–Crippen MR) is 84.8 cm³/mol. The van der Waals surface area contributed by atoms with Gasteiger partial charge in [0.25, 0.3) is 10.0 Å². The van der Waals surface area contributed by atoms with Crippen molar-refractivity contribution >= 4 is 37.1 Å². The number of anilines is 1. The molecule has 0 aliphatic carbocycles. The van der Waals surface area contributed by atoms with Gasteiger partial charge in [-0.1, -0.05) is 18.2 Å². The Hall–Kier alpha value is -1.96. The highest BCUT2D eigenvalue weighted by Gasteiger charge is 2.23. The Morgan fingerprint density at radius 2 is 2.00 bits per heavy atom. The quantitative estimate of drug-likeness (QED) is 0.774. The lowest BCUT2D eigenvalue weighted by Crippen LogP contribution is -2.15. The van der Waals surface area contributed by atoms with Crippen LogP contribution in [-0.4, -0.2) is 13.4 Å². The summed E-state index contributed by atoms with van der Waals surface area (Å²) in [5, 5.41) is 0.694. The van der Waals surface area contributed by atoms with Gasteiger partial charge >= 0.3 is 0 Å². The highest BCUT2D eigenvalue weighted by atomic mass is 32.2. The average Bonchev–Trinajstić information content (AvgIpc) is 2.87. The number of hydrogen-bond donors (Lipinski definition) is 2. The Kier molecular flexibility index (Phi) is 3.62. The summed E-state index contributed by atoms with van der Waals surface area (Å²) < 4.78 is 28.8. The summed E-state index contributed by atoms with van der Waals surface area (Å²) in [6.45, 7) is 0.183. The van der Waals surface area contributed by atoms with Gasteiger partial charge in [0.2, 0.25) is 0 Å². The van der Waals surface area contributed by atoms with Gasteiger partial charge in [0, 0.05) is 27.7 Å². The van der Waals surface area contributed by atoms with Crippen LogP contribution in [0.25, 0.3) is 10.1 Å². The van der Waals surface area contributed by atoms with Crippen molar-refractivity contribution < 1.29 is 8.42 Å². The summed E-state index contributed by atoms with van der Waals surface area (Å²) in [5.74, 6) is 0. The number of sulfonamides is 1. The van der Waals surface area contributed by atoms with Gasteiger partial charge in [0.05, 0.1) is 11.9 Å². The fraction of sp³-hybridized carbons (Fsp3) is 0.0714. The molecule has 108 valence electrons. The van der Waals surface area contributed by atoms with Gasteiger partial charge in [0.1, 0.15) is 4.90 Å². The van der Waals surface area contributed by atoms with E-state index in [-0.39, 0.29) is 11.4 Å². The summed E-state index contributed by atoms with van der Waals surface area (Å²) in [4.78, 5) is 4.81. The molecule has 0 unspecified atom stereocenters. The molecule has 2 heterocycles. The summed E-state index contributed by atoms with van der Waals surface area (Å²) >= 11 is 1.40. The van der Waals surface area contributed by atoms with Gasteiger partial charge in [0.15, 0.2) is 0 Å². The Labute approximate surface area is 126 Å². The monoisotopic (exact) mass is 319 g/mol. The molecule has 3 aromatic rings. The molecule has 0 spiro atoms. The van der Waals surface area contributed by atoms with Crippen LogP contribution in [0.4, 0.5) is 5.69 Å². The first-order valence-corrected chi connectivity index (χ1v) is 8.55. The number of nitrogens with one attached hydrogen (secondary N) is 1. The molecule has 21 heavy (non-hydrogen) atoms. The van der Waals surface area contributed by atoms with Gasteiger partial charge in [-0.05, 0) is 18.2 Å². The first kappa shape index (κ1) is 14.0. The molecule has 7 heteroatoms. The van der Waals surface area contributed by atoms with E-state index in [9.17, 15) is 8.42 Å². The van der Waals surface area contributed by atoms with Crippen LogP contribution in [0.1, 0.15) is 4.88 Å². The number of aromatic nitrogens is 1. The third-order valence-electron chi connectivity index (χ3n) is 2.99. The van der Waals surface area contributed by atoms with E-state index in [2.05, 4.69) is 9.71 Å². The molecule has 3 rings (SSSR count). The fourth-order valence-corrected chi connectivity index (χ4v) is 5.01. The molecule has 0 saturated carbocycles. The molecule has 5 nitrogen and oxygen atoms in total. The third kappa shape index (κ3) is 2.63. The second kappa shape index (κ2) is 5.44. The third-order valence-corrected chi connectivity index (χ3v) is 5.82. The number of hydrogen-bond acceptors (Lipinski definition) is 5. The van der Waals surface area contributed by atoms with Crippen molar-refractivity contribution in [2.75, 3.05) is 4.72 Å². The van der Waals surface area contributed by atoms with Crippen LogP contribution in [0.3, 0.4) is 0 Å². The van der Waals surface area contributed by atoms with E-state index < -0.39 is 10.0 Å². The van der Waals surface area contributed by atoms with Gasteiger partial charge in [-0.3, -0.25) is 9.71 Å². The number of thiophene rings is 1. The van der Waals surface area contributed by atoms with E-state index in [4.69, 9.17) is 5.73 Å². The van der Waals surface area contributed by atoms with Crippen molar-refractivity contribution in [3.8, 4) is 0 Å². The number of nitrogens with zero attached hydrogens (tertiary/aromatic N) is 1. The molecule has 1 aromatic carbocycles. The number of benzene rings is 1. The SMILES string of the molecule is NCc1sc2ccccc2c1S(=O)(=O)Nc1cccnc1. The second-order valence-electron chi connectivity index (χ2n) is 4.40. The summed E-state index contributed by atoms with van der Waals surface area (Å²) in [6.07, 6.45) is 3.05. The first-order valence-electron chi connectivity index (χ1n) is 6.25. The van der Waals surface area contributed by atoms with Gasteiger partial charge < -0.3 is 5.73 Å². The first-order chi connectivity index (χ1) is 10.1. The normalized spacial score (nSPS) is 11.7. The summed E-state index contributed by atoms with van der Waals surface area (Å²) in [7, 11) is -3.70. The molecular formula is C14H13N3O2S2. The zero-order chi connectivity index (χ0) is 14.9. The minimum Gasteiger partial charge on any atom is -0.326 e. The standard InChI is InChI=1S/C14H13N3O2S2/c15-8-13-14(11-5-1-2-6-12(11)20-13)21(18,19)17-10-4-3-7-16-9-10/h1-7,9,17H,8,15H2. The Morgan fingerprint density at radius 3 is 2.71 bits per heavy atom. The largest absolute Gasteiger partial charge is 0.326 e. The van der Waals surface area contributed by atoms with E-state index in [1.807, 2.05) is 18.2 Å². The lowest BCUT2D eigenvalue weighted by atomic mass is 10.2. The number of fused-ring (bicyclic) bond motifs is 1. The lowest BCUT2D eigenvalue weighted by Gasteiger charge is -2.08. The van der Waals surface area contributed by atoms with Crippen molar-refractivity contribution in [1.82, 2.24) is 4.98 Å². The van der Waals surface area contributed by atoms with Crippen LogP contribution >= 0.6 is 11.3 Å². The molecule has 0 radical (unpaired) electrons. The van der Waals surface area contributed by atoms with Crippen molar-refractivity contribution in [1.29, 1.82) is 0 Å². The molecule has 2 aromatic heterocycles. The molecule has 0 amide bonds. The highest BCUT2D eigenvalue weighted by molar-refractivity contribution is 7.93. The molecule has 0 fully saturated rings. The van der Waals surface area contributed by atoms with Crippen LogP contribution in [-0.2, 0) is 16.6 Å². The number of pyridine rings is 1. The van der Waals surface area contributed by atoms with Crippen molar-refractivity contribution in [2.45, 2.75) is 11.4 Å². The molecule has 0 aliphatic rings. The maximum absolute atomic E-state index is 12.7. The minimum absolute atomic E-state index is 0.183. The zero-order valence-corrected chi connectivity index (χ0v) is 12.6.